The van der Waals surface area contributed by atoms with Crippen LogP contribution in [0.25, 0.3) is 0 Å². The SMILES string of the molecule is O=C[C@@]12COC(O1)[C@@H](OCc1ccccc1)[C@@H](OCc1ccccc1)[C@@H]2OCc1ccccc1. The molecular weight excluding hydrogens is 432 g/mol. The van der Waals surface area contributed by atoms with E-state index in [0.29, 0.717) is 19.8 Å². The van der Waals surface area contributed by atoms with Gasteiger partial charge in [0.2, 0.25) is 0 Å². The number of carbonyl (C=O) groups excluding carboxylic acids is 1. The molecule has 34 heavy (non-hydrogen) atoms. The summed E-state index contributed by atoms with van der Waals surface area (Å²) < 4.78 is 31.0. The van der Waals surface area contributed by atoms with Gasteiger partial charge in [0.25, 0.3) is 0 Å². The first-order valence-electron chi connectivity index (χ1n) is 11.5. The predicted molar refractivity (Wildman–Crippen MR) is 125 cm³/mol. The van der Waals surface area contributed by atoms with E-state index in [0.717, 1.165) is 23.0 Å². The molecule has 0 N–H and O–H groups in total. The van der Waals surface area contributed by atoms with E-state index in [1.165, 1.54) is 0 Å². The van der Waals surface area contributed by atoms with Crippen molar-refractivity contribution < 1.29 is 28.5 Å². The lowest BCUT2D eigenvalue weighted by atomic mass is 9.89. The molecule has 0 aromatic heterocycles. The van der Waals surface area contributed by atoms with Gasteiger partial charge in [-0.25, -0.2) is 0 Å². The second-order valence-electron chi connectivity index (χ2n) is 8.61. The maximum Gasteiger partial charge on any atom is 0.188 e. The summed E-state index contributed by atoms with van der Waals surface area (Å²) in [5.41, 5.74) is 1.79. The van der Waals surface area contributed by atoms with Crippen LogP contribution in [0, 0.1) is 0 Å². The molecule has 3 aromatic carbocycles. The van der Waals surface area contributed by atoms with Crippen LogP contribution >= 0.6 is 0 Å². The molecule has 2 saturated heterocycles. The van der Waals surface area contributed by atoms with Gasteiger partial charge in [-0.15, -0.1) is 0 Å². The highest BCUT2D eigenvalue weighted by Crippen LogP contribution is 2.41. The Balaban J connectivity index is 1.40. The number of aldehydes is 1. The number of carbonyl (C=O) groups is 1. The van der Waals surface area contributed by atoms with Gasteiger partial charge in [-0.3, -0.25) is 4.79 Å². The van der Waals surface area contributed by atoms with Crippen molar-refractivity contribution in [1.82, 2.24) is 0 Å². The summed E-state index contributed by atoms with van der Waals surface area (Å²) in [6, 6.07) is 29.6. The average Bonchev–Trinajstić information content (AvgIpc) is 3.29. The number of fused-ring (bicyclic) bond motifs is 2. The van der Waals surface area contributed by atoms with E-state index in [-0.39, 0.29) is 6.61 Å². The topological polar surface area (TPSA) is 63.2 Å². The van der Waals surface area contributed by atoms with Crippen LogP contribution in [0.5, 0.6) is 0 Å². The molecule has 6 nitrogen and oxygen atoms in total. The van der Waals surface area contributed by atoms with E-state index in [4.69, 9.17) is 23.7 Å². The molecule has 0 spiro atoms. The number of hydrogen-bond acceptors (Lipinski definition) is 6. The summed E-state index contributed by atoms with van der Waals surface area (Å²) in [4.78, 5) is 12.3. The van der Waals surface area contributed by atoms with Crippen LogP contribution in [0.4, 0.5) is 0 Å². The Labute approximate surface area is 199 Å². The fraction of sp³-hybridized carbons (Fsp3) is 0.321. The van der Waals surface area contributed by atoms with Crippen LogP contribution in [0.15, 0.2) is 91.0 Å². The van der Waals surface area contributed by atoms with Gasteiger partial charge in [0.05, 0.1) is 26.4 Å². The zero-order valence-corrected chi connectivity index (χ0v) is 18.8. The van der Waals surface area contributed by atoms with Crippen molar-refractivity contribution in [2.45, 2.75) is 50.0 Å². The number of benzene rings is 3. The van der Waals surface area contributed by atoms with E-state index in [2.05, 4.69) is 0 Å². The van der Waals surface area contributed by atoms with Crippen molar-refractivity contribution in [3.05, 3.63) is 108 Å². The first-order chi connectivity index (χ1) is 16.8. The van der Waals surface area contributed by atoms with Crippen LogP contribution in [0.2, 0.25) is 0 Å². The molecule has 2 aliphatic rings. The van der Waals surface area contributed by atoms with Gasteiger partial charge in [0.1, 0.15) is 18.3 Å². The van der Waals surface area contributed by atoms with Crippen molar-refractivity contribution in [1.29, 1.82) is 0 Å². The van der Waals surface area contributed by atoms with E-state index in [1.807, 2.05) is 91.0 Å². The van der Waals surface area contributed by atoms with E-state index < -0.39 is 30.2 Å². The van der Waals surface area contributed by atoms with Crippen LogP contribution in [0.3, 0.4) is 0 Å². The molecule has 2 heterocycles. The molecule has 2 aliphatic heterocycles. The first-order valence-corrected chi connectivity index (χ1v) is 11.5. The third kappa shape index (κ3) is 4.97. The second-order valence-corrected chi connectivity index (χ2v) is 8.61. The minimum Gasteiger partial charge on any atom is -0.368 e. The maximum absolute atomic E-state index is 12.3. The van der Waals surface area contributed by atoms with Crippen LogP contribution in [0.1, 0.15) is 16.7 Å². The lowest BCUT2D eigenvalue weighted by Crippen LogP contribution is -2.63. The highest BCUT2D eigenvalue weighted by atomic mass is 16.8. The van der Waals surface area contributed by atoms with Crippen molar-refractivity contribution in [3.63, 3.8) is 0 Å². The molecule has 176 valence electrons. The summed E-state index contributed by atoms with van der Waals surface area (Å²) in [5, 5.41) is 0. The number of rotatable bonds is 10. The zero-order valence-electron chi connectivity index (χ0n) is 18.8. The maximum atomic E-state index is 12.3. The molecule has 5 rings (SSSR count). The van der Waals surface area contributed by atoms with E-state index >= 15 is 0 Å². The summed E-state index contributed by atoms with van der Waals surface area (Å²) in [6.07, 6.45) is -1.77. The van der Waals surface area contributed by atoms with Crippen LogP contribution in [-0.2, 0) is 48.3 Å². The smallest absolute Gasteiger partial charge is 0.188 e. The Morgan fingerprint density at radius 2 is 1.18 bits per heavy atom. The Hall–Kier alpha value is -2.87. The van der Waals surface area contributed by atoms with Gasteiger partial charge < -0.3 is 23.7 Å². The molecule has 2 fully saturated rings. The second kappa shape index (κ2) is 10.6. The number of ether oxygens (including phenoxy) is 5. The third-order valence-corrected chi connectivity index (χ3v) is 6.22. The first kappa shape index (κ1) is 22.9. The van der Waals surface area contributed by atoms with Crippen LogP contribution in [-0.4, -0.2) is 43.1 Å². The Bertz CT molecular complexity index is 1040. The van der Waals surface area contributed by atoms with Gasteiger partial charge in [0.15, 0.2) is 18.2 Å². The molecule has 2 bridgehead atoms. The van der Waals surface area contributed by atoms with Gasteiger partial charge in [0, 0.05) is 0 Å². The largest absolute Gasteiger partial charge is 0.368 e. The lowest BCUT2D eigenvalue weighted by molar-refractivity contribution is -0.285. The van der Waals surface area contributed by atoms with Crippen molar-refractivity contribution in [2.24, 2.45) is 0 Å². The monoisotopic (exact) mass is 460 g/mol. The normalized spacial score (nSPS) is 28.0. The molecule has 0 radical (unpaired) electrons. The fourth-order valence-corrected chi connectivity index (χ4v) is 4.43. The molecule has 0 saturated carbocycles. The summed E-state index contributed by atoms with van der Waals surface area (Å²) >= 11 is 0. The third-order valence-electron chi connectivity index (χ3n) is 6.22. The molecule has 5 atom stereocenters. The summed E-state index contributed by atoms with van der Waals surface area (Å²) in [5.74, 6) is 0. The fourth-order valence-electron chi connectivity index (χ4n) is 4.43. The lowest BCUT2D eigenvalue weighted by Gasteiger charge is -2.44. The Kier molecular flexibility index (Phi) is 7.13. The molecule has 6 heteroatoms. The quantitative estimate of drug-likeness (QED) is 0.425. The van der Waals surface area contributed by atoms with Crippen molar-refractivity contribution in [3.8, 4) is 0 Å². The van der Waals surface area contributed by atoms with Gasteiger partial charge in [-0.2, -0.15) is 0 Å². The molecule has 3 aromatic rings. The Morgan fingerprint density at radius 3 is 1.68 bits per heavy atom. The standard InChI is InChI=1S/C28H28O6/c29-19-28-20-33-27(34-28)25(31-17-22-12-6-2-7-13-22)24(30-16-21-10-4-1-5-11-21)26(28)32-18-23-14-8-3-9-15-23/h1-15,19,24-27H,16-18,20H2/t24-,25+,26+,27?,28+/m1/s1. The summed E-state index contributed by atoms with van der Waals surface area (Å²) in [7, 11) is 0. The average molecular weight is 461 g/mol. The summed E-state index contributed by atoms with van der Waals surface area (Å²) in [6.45, 7) is 1.12. The van der Waals surface area contributed by atoms with E-state index in [1.54, 1.807) is 0 Å². The van der Waals surface area contributed by atoms with Gasteiger partial charge in [-0.1, -0.05) is 91.0 Å². The number of hydrogen-bond donors (Lipinski definition) is 0. The highest BCUT2D eigenvalue weighted by Gasteiger charge is 2.62. The molecule has 0 aliphatic carbocycles. The van der Waals surface area contributed by atoms with Crippen molar-refractivity contribution in [2.75, 3.05) is 6.61 Å². The van der Waals surface area contributed by atoms with Gasteiger partial charge in [-0.05, 0) is 16.7 Å². The van der Waals surface area contributed by atoms with Crippen molar-refractivity contribution >= 4 is 6.29 Å². The molecular formula is C28H28O6. The Morgan fingerprint density at radius 1 is 0.706 bits per heavy atom. The minimum absolute atomic E-state index is 0.0943. The van der Waals surface area contributed by atoms with E-state index in [9.17, 15) is 4.79 Å². The minimum atomic E-state index is -1.24. The van der Waals surface area contributed by atoms with Gasteiger partial charge >= 0.3 is 0 Å². The molecule has 1 unspecified atom stereocenters. The predicted octanol–water partition coefficient (Wildman–Crippen LogP) is 4.07. The zero-order chi connectivity index (χ0) is 23.2. The van der Waals surface area contributed by atoms with Crippen LogP contribution < -0.4 is 0 Å². The molecule has 0 amide bonds. The highest BCUT2D eigenvalue weighted by molar-refractivity contribution is 5.65.